The number of fused-ring (bicyclic) bond motifs is 1. The van der Waals surface area contributed by atoms with E-state index in [1.165, 1.54) is 17.4 Å². The Kier molecular flexibility index (Phi) is 5.10. The highest BCUT2D eigenvalue weighted by atomic mass is 79.9. The number of nitrogens with zero attached hydrogens (tertiary/aromatic N) is 2. The van der Waals surface area contributed by atoms with Gasteiger partial charge in [-0.1, -0.05) is 15.9 Å². The number of carbonyl (C=O) groups excluding carboxylic acids is 1. The molecule has 0 aliphatic heterocycles. The molecule has 0 aliphatic carbocycles. The average Bonchev–Trinajstić information content (AvgIpc) is 3.08. The Labute approximate surface area is 148 Å². The molecule has 2 aromatic heterocycles. The highest BCUT2D eigenvalue weighted by Crippen LogP contribution is 2.24. The van der Waals surface area contributed by atoms with Crippen LogP contribution in [0.1, 0.15) is 11.3 Å². The van der Waals surface area contributed by atoms with Gasteiger partial charge in [0.2, 0.25) is 5.91 Å². The van der Waals surface area contributed by atoms with Gasteiger partial charge in [0.15, 0.2) is 4.96 Å². The zero-order valence-electron chi connectivity index (χ0n) is 12.2. The Morgan fingerprint density at radius 3 is 3.04 bits per heavy atom. The Morgan fingerprint density at radius 2 is 2.29 bits per heavy atom. The van der Waals surface area contributed by atoms with E-state index in [2.05, 4.69) is 31.0 Å². The molecule has 1 amide bonds. The Balaban J connectivity index is 1.63. The standard InChI is InChI=1S/C15H12BrF2N3O2S/c16-10-1-2-12(23-14(17)18)9(5-10)7-19-13(22)6-11-8-21-3-4-24-15(21)20-11/h1-5,8,14H,6-7H2,(H,19,22). The summed E-state index contributed by atoms with van der Waals surface area (Å²) >= 11 is 4.75. The number of hydrogen-bond acceptors (Lipinski definition) is 4. The monoisotopic (exact) mass is 415 g/mol. The van der Waals surface area contributed by atoms with Gasteiger partial charge in [-0.05, 0) is 18.2 Å². The van der Waals surface area contributed by atoms with Crippen LogP contribution in [0.4, 0.5) is 8.78 Å². The SMILES string of the molecule is O=C(Cc1cn2ccsc2n1)NCc1cc(Br)ccc1OC(F)F. The molecule has 0 saturated carbocycles. The number of benzene rings is 1. The second-order valence-corrected chi connectivity index (χ2v) is 6.70. The van der Waals surface area contributed by atoms with Crippen molar-refractivity contribution in [2.45, 2.75) is 19.6 Å². The Morgan fingerprint density at radius 1 is 1.46 bits per heavy atom. The molecule has 0 radical (unpaired) electrons. The van der Waals surface area contributed by atoms with Crippen LogP contribution >= 0.6 is 27.3 Å². The topological polar surface area (TPSA) is 55.6 Å². The largest absolute Gasteiger partial charge is 0.434 e. The minimum atomic E-state index is -2.92. The van der Waals surface area contributed by atoms with Crippen LogP contribution in [0.3, 0.4) is 0 Å². The van der Waals surface area contributed by atoms with E-state index in [1.807, 2.05) is 16.0 Å². The van der Waals surface area contributed by atoms with E-state index in [4.69, 9.17) is 0 Å². The van der Waals surface area contributed by atoms with Crippen molar-refractivity contribution in [1.82, 2.24) is 14.7 Å². The third-order valence-electron chi connectivity index (χ3n) is 3.20. The van der Waals surface area contributed by atoms with Crippen molar-refractivity contribution < 1.29 is 18.3 Å². The highest BCUT2D eigenvalue weighted by Gasteiger charge is 2.12. The first kappa shape index (κ1) is 16.8. The van der Waals surface area contributed by atoms with Gasteiger partial charge in [0.25, 0.3) is 0 Å². The number of thiazole rings is 1. The van der Waals surface area contributed by atoms with Crippen LogP contribution in [-0.2, 0) is 17.8 Å². The van der Waals surface area contributed by atoms with Crippen LogP contribution in [0.15, 0.2) is 40.4 Å². The zero-order valence-corrected chi connectivity index (χ0v) is 14.6. The van der Waals surface area contributed by atoms with E-state index in [-0.39, 0.29) is 24.6 Å². The second kappa shape index (κ2) is 7.27. The molecule has 1 aromatic carbocycles. The minimum absolute atomic E-state index is 0.0380. The molecule has 0 fully saturated rings. The maximum atomic E-state index is 12.4. The summed E-state index contributed by atoms with van der Waals surface area (Å²) in [5.41, 5.74) is 1.11. The fourth-order valence-electron chi connectivity index (χ4n) is 2.18. The fourth-order valence-corrected chi connectivity index (χ4v) is 3.31. The molecule has 3 aromatic rings. The van der Waals surface area contributed by atoms with E-state index >= 15 is 0 Å². The number of alkyl halides is 2. The van der Waals surface area contributed by atoms with E-state index in [0.717, 1.165) is 4.96 Å². The molecule has 0 spiro atoms. The minimum Gasteiger partial charge on any atom is -0.434 e. The van der Waals surface area contributed by atoms with Crippen molar-refractivity contribution in [2.24, 2.45) is 0 Å². The second-order valence-electron chi connectivity index (χ2n) is 4.91. The van der Waals surface area contributed by atoms with Crippen LogP contribution in [-0.4, -0.2) is 21.9 Å². The number of halogens is 3. The molecule has 0 atom stereocenters. The molecular formula is C15H12BrF2N3O2S. The van der Waals surface area contributed by atoms with Gasteiger partial charge in [0.1, 0.15) is 5.75 Å². The Hall–Kier alpha value is -2.00. The lowest BCUT2D eigenvalue weighted by molar-refractivity contribution is -0.120. The van der Waals surface area contributed by atoms with Crippen molar-refractivity contribution in [2.75, 3.05) is 0 Å². The molecular weight excluding hydrogens is 404 g/mol. The van der Waals surface area contributed by atoms with Crippen LogP contribution in [0.5, 0.6) is 5.75 Å². The van der Waals surface area contributed by atoms with Crippen molar-refractivity contribution in [1.29, 1.82) is 0 Å². The number of aromatic nitrogens is 2. The molecule has 2 heterocycles. The maximum absolute atomic E-state index is 12.4. The quantitative estimate of drug-likeness (QED) is 0.668. The molecule has 9 heteroatoms. The van der Waals surface area contributed by atoms with Gasteiger partial charge in [0, 0.05) is 34.4 Å². The third-order valence-corrected chi connectivity index (χ3v) is 4.46. The Bertz CT molecular complexity index is 837. The zero-order chi connectivity index (χ0) is 17.1. The molecule has 0 unspecified atom stereocenters. The van der Waals surface area contributed by atoms with Crippen molar-refractivity contribution in [3.8, 4) is 5.75 Å². The number of imidazole rings is 1. The van der Waals surface area contributed by atoms with Gasteiger partial charge in [-0.3, -0.25) is 9.20 Å². The molecule has 24 heavy (non-hydrogen) atoms. The lowest BCUT2D eigenvalue weighted by Crippen LogP contribution is -2.25. The molecule has 0 bridgehead atoms. The maximum Gasteiger partial charge on any atom is 0.387 e. The third kappa shape index (κ3) is 4.09. The van der Waals surface area contributed by atoms with Gasteiger partial charge in [0.05, 0.1) is 12.1 Å². The summed E-state index contributed by atoms with van der Waals surface area (Å²) in [4.78, 5) is 17.2. The first-order valence-electron chi connectivity index (χ1n) is 6.92. The number of rotatable bonds is 6. The summed E-state index contributed by atoms with van der Waals surface area (Å²) in [5.74, 6) is -0.209. The highest BCUT2D eigenvalue weighted by molar-refractivity contribution is 9.10. The first-order valence-corrected chi connectivity index (χ1v) is 8.59. The predicted molar refractivity (Wildman–Crippen MR) is 89.4 cm³/mol. The van der Waals surface area contributed by atoms with E-state index in [0.29, 0.717) is 15.7 Å². The van der Waals surface area contributed by atoms with Crippen LogP contribution in [0, 0.1) is 0 Å². The molecule has 3 rings (SSSR count). The molecule has 1 N–H and O–H groups in total. The van der Waals surface area contributed by atoms with Crippen LogP contribution < -0.4 is 10.1 Å². The first-order chi connectivity index (χ1) is 11.5. The normalized spacial score (nSPS) is 11.2. The number of hydrogen-bond donors (Lipinski definition) is 1. The fraction of sp³-hybridized carbons (Fsp3) is 0.200. The predicted octanol–water partition coefficient (Wildman–Crippen LogP) is 3.62. The molecule has 0 saturated heterocycles. The van der Waals surface area contributed by atoms with E-state index in [1.54, 1.807) is 18.3 Å². The summed E-state index contributed by atoms with van der Waals surface area (Å²) in [6.45, 7) is -2.83. The molecule has 0 aliphatic rings. The number of carbonyl (C=O) groups is 1. The van der Waals surface area contributed by atoms with E-state index in [9.17, 15) is 13.6 Å². The van der Waals surface area contributed by atoms with E-state index < -0.39 is 6.61 Å². The smallest absolute Gasteiger partial charge is 0.387 e. The molecule has 126 valence electrons. The summed E-state index contributed by atoms with van der Waals surface area (Å²) < 4.78 is 31.9. The molecule has 5 nitrogen and oxygen atoms in total. The average molecular weight is 416 g/mol. The van der Waals surface area contributed by atoms with Gasteiger partial charge in [-0.25, -0.2) is 4.98 Å². The summed E-state index contributed by atoms with van der Waals surface area (Å²) in [5, 5.41) is 4.60. The van der Waals surface area contributed by atoms with Gasteiger partial charge < -0.3 is 10.1 Å². The number of amides is 1. The van der Waals surface area contributed by atoms with Gasteiger partial charge in [-0.2, -0.15) is 8.78 Å². The van der Waals surface area contributed by atoms with Crippen LogP contribution in [0.25, 0.3) is 4.96 Å². The summed E-state index contributed by atoms with van der Waals surface area (Å²) in [6.07, 6.45) is 3.77. The van der Waals surface area contributed by atoms with Crippen molar-refractivity contribution >= 4 is 38.1 Å². The van der Waals surface area contributed by atoms with Crippen LogP contribution in [0.2, 0.25) is 0 Å². The lowest BCUT2D eigenvalue weighted by atomic mass is 10.2. The van der Waals surface area contributed by atoms with Gasteiger partial charge in [-0.15, -0.1) is 11.3 Å². The number of nitrogens with one attached hydrogen (secondary N) is 1. The van der Waals surface area contributed by atoms with Gasteiger partial charge >= 0.3 is 6.61 Å². The van der Waals surface area contributed by atoms with Crippen molar-refractivity contribution in [3.05, 3.63) is 51.7 Å². The number of ether oxygens (including phenoxy) is 1. The summed E-state index contributed by atoms with van der Waals surface area (Å²) in [7, 11) is 0. The lowest BCUT2D eigenvalue weighted by Gasteiger charge is -2.12. The summed E-state index contributed by atoms with van der Waals surface area (Å²) in [6, 6.07) is 4.66. The van der Waals surface area contributed by atoms with Crippen molar-refractivity contribution in [3.63, 3.8) is 0 Å².